The Morgan fingerprint density at radius 1 is 1.16 bits per heavy atom. The van der Waals surface area contributed by atoms with Crippen LogP contribution in [0.2, 0.25) is 0 Å². The van der Waals surface area contributed by atoms with Crippen molar-refractivity contribution in [2.45, 2.75) is 50.7 Å². The van der Waals surface area contributed by atoms with E-state index in [4.69, 9.17) is 14.2 Å². The van der Waals surface area contributed by atoms with Crippen molar-refractivity contribution in [3.8, 4) is 0 Å². The largest absolute Gasteiger partial charge is 0.366 e. The van der Waals surface area contributed by atoms with E-state index in [2.05, 4.69) is 0 Å². The summed E-state index contributed by atoms with van der Waals surface area (Å²) in [5.74, 6) is -0.975. The maximum atomic E-state index is 12.9. The summed E-state index contributed by atoms with van der Waals surface area (Å²) in [4.78, 5) is 0. The molecular formula is C14H17FO4. The first-order valence-electron chi connectivity index (χ1n) is 6.38. The zero-order chi connectivity index (χ0) is 13.6. The van der Waals surface area contributed by atoms with Crippen LogP contribution < -0.4 is 0 Å². The predicted molar refractivity (Wildman–Crippen MR) is 64.8 cm³/mol. The molecule has 0 aliphatic carbocycles. The molecule has 1 N–H and O–H groups in total. The summed E-state index contributed by atoms with van der Waals surface area (Å²) in [6.07, 6.45) is -1.46. The maximum Gasteiger partial charge on any atom is 0.184 e. The Balaban J connectivity index is 1.73. The molecule has 0 unspecified atom stereocenters. The average Bonchev–Trinajstić information content (AvgIpc) is 2.79. The highest BCUT2D eigenvalue weighted by molar-refractivity contribution is 5.18. The second-order valence-corrected chi connectivity index (χ2v) is 5.46. The lowest BCUT2D eigenvalue weighted by Crippen LogP contribution is -2.31. The van der Waals surface area contributed by atoms with E-state index in [0.29, 0.717) is 6.42 Å². The van der Waals surface area contributed by atoms with Crippen molar-refractivity contribution in [2.75, 3.05) is 0 Å². The molecule has 4 atom stereocenters. The molecule has 0 radical (unpaired) electrons. The topological polar surface area (TPSA) is 47.9 Å². The van der Waals surface area contributed by atoms with Gasteiger partial charge in [-0.25, -0.2) is 4.39 Å². The maximum absolute atomic E-state index is 12.9. The Kier molecular flexibility index (Phi) is 3.09. The zero-order valence-corrected chi connectivity index (χ0v) is 10.9. The van der Waals surface area contributed by atoms with Crippen molar-refractivity contribution in [3.63, 3.8) is 0 Å². The van der Waals surface area contributed by atoms with Crippen LogP contribution in [0.1, 0.15) is 19.4 Å². The molecule has 2 aliphatic heterocycles. The van der Waals surface area contributed by atoms with Gasteiger partial charge in [0.2, 0.25) is 0 Å². The van der Waals surface area contributed by atoms with Crippen molar-refractivity contribution in [2.24, 2.45) is 0 Å². The fourth-order valence-electron chi connectivity index (χ4n) is 2.68. The Morgan fingerprint density at radius 3 is 2.47 bits per heavy atom. The molecule has 0 aromatic heterocycles. The van der Waals surface area contributed by atoms with Gasteiger partial charge in [0, 0.05) is 6.42 Å². The summed E-state index contributed by atoms with van der Waals surface area (Å²) < 4.78 is 29.7. The van der Waals surface area contributed by atoms with Crippen LogP contribution in [0.25, 0.3) is 0 Å². The first-order valence-corrected chi connectivity index (χ1v) is 6.38. The lowest BCUT2D eigenvalue weighted by atomic mass is 10.0. The third-order valence-electron chi connectivity index (χ3n) is 3.48. The van der Waals surface area contributed by atoms with Gasteiger partial charge in [0.15, 0.2) is 12.1 Å². The van der Waals surface area contributed by atoms with E-state index >= 15 is 0 Å². The van der Waals surface area contributed by atoms with Crippen LogP contribution in [0.4, 0.5) is 4.39 Å². The number of benzene rings is 1. The van der Waals surface area contributed by atoms with Gasteiger partial charge in [-0.1, -0.05) is 12.1 Å². The van der Waals surface area contributed by atoms with E-state index in [-0.39, 0.29) is 18.0 Å². The third-order valence-corrected chi connectivity index (χ3v) is 3.48. The number of aliphatic hydroxyl groups excluding tert-OH is 1. The van der Waals surface area contributed by atoms with E-state index in [9.17, 15) is 9.50 Å². The van der Waals surface area contributed by atoms with Crippen LogP contribution in [0.3, 0.4) is 0 Å². The third kappa shape index (κ3) is 2.51. The summed E-state index contributed by atoms with van der Waals surface area (Å²) in [6.45, 7) is 3.62. The van der Waals surface area contributed by atoms with Crippen molar-refractivity contribution in [3.05, 3.63) is 35.6 Å². The molecular weight excluding hydrogens is 251 g/mol. The molecule has 5 heteroatoms. The molecule has 0 bridgehead atoms. The number of fused-ring (bicyclic) bond motifs is 1. The number of rotatable bonds is 2. The minimum absolute atomic E-state index is 0.268. The molecule has 1 aromatic carbocycles. The van der Waals surface area contributed by atoms with Gasteiger partial charge in [0.05, 0.1) is 6.10 Å². The van der Waals surface area contributed by atoms with Gasteiger partial charge in [0.25, 0.3) is 0 Å². The molecule has 2 fully saturated rings. The number of aliphatic hydroxyl groups is 1. The normalized spacial score (nSPS) is 36.4. The van der Waals surface area contributed by atoms with Gasteiger partial charge in [-0.2, -0.15) is 0 Å². The Morgan fingerprint density at radius 2 is 1.79 bits per heavy atom. The molecule has 1 aromatic rings. The van der Waals surface area contributed by atoms with Gasteiger partial charge < -0.3 is 19.3 Å². The summed E-state index contributed by atoms with van der Waals surface area (Å²) in [6, 6.07) is 6.24. The van der Waals surface area contributed by atoms with E-state index in [0.717, 1.165) is 5.56 Å². The number of hydrogen-bond acceptors (Lipinski definition) is 4. The van der Waals surface area contributed by atoms with Crippen molar-refractivity contribution < 1.29 is 23.7 Å². The van der Waals surface area contributed by atoms with Crippen molar-refractivity contribution in [1.82, 2.24) is 0 Å². The van der Waals surface area contributed by atoms with Crippen LogP contribution in [0, 0.1) is 5.82 Å². The molecule has 4 nitrogen and oxygen atoms in total. The molecule has 2 aliphatic rings. The highest BCUT2D eigenvalue weighted by Gasteiger charge is 2.54. The van der Waals surface area contributed by atoms with Crippen LogP contribution in [0.15, 0.2) is 24.3 Å². The van der Waals surface area contributed by atoms with Crippen LogP contribution in [-0.2, 0) is 20.6 Å². The van der Waals surface area contributed by atoms with Crippen molar-refractivity contribution >= 4 is 0 Å². The molecule has 0 saturated carbocycles. The number of halogens is 1. The van der Waals surface area contributed by atoms with Gasteiger partial charge in [-0.15, -0.1) is 0 Å². The summed E-state index contributed by atoms with van der Waals surface area (Å²) >= 11 is 0. The van der Waals surface area contributed by atoms with Crippen molar-refractivity contribution in [1.29, 1.82) is 0 Å². The minimum Gasteiger partial charge on any atom is -0.366 e. The smallest absolute Gasteiger partial charge is 0.184 e. The summed E-state index contributed by atoms with van der Waals surface area (Å²) in [5, 5.41) is 9.84. The van der Waals surface area contributed by atoms with Gasteiger partial charge >= 0.3 is 0 Å². The molecule has 3 rings (SSSR count). The van der Waals surface area contributed by atoms with Gasteiger partial charge in [0.1, 0.15) is 18.0 Å². The van der Waals surface area contributed by atoms with Crippen LogP contribution >= 0.6 is 0 Å². The molecule has 19 heavy (non-hydrogen) atoms. The van der Waals surface area contributed by atoms with Gasteiger partial charge in [-0.05, 0) is 31.5 Å². The van der Waals surface area contributed by atoms with Crippen LogP contribution in [-0.4, -0.2) is 35.5 Å². The summed E-state index contributed by atoms with van der Waals surface area (Å²) in [5.41, 5.74) is 0.938. The number of ether oxygens (including phenoxy) is 3. The quantitative estimate of drug-likeness (QED) is 0.885. The molecule has 0 amide bonds. The highest BCUT2D eigenvalue weighted by atomic mass is 19.1. The SMILES string of the molecule is CC1(C)O[C@@H]2[C@H](O1)[C@@H](Cc1ccc(F)cc1)O[C@H]2O. The Hall–Kier alpha value is -1.01. The first-order chi connectivity index (χ1) is 8.94. The molecule has 2 heterocycles. The number of hydrogen-bond donors (Lipinski definition) is 1. The standard InChI is InChI=1S/C14H17FO4/c1-14(2)18-11-10(17-13(16)12(11)19-14)7-8-3-5-9(15)6-4-8/h3-6,10-13,16H,7H2,1-2H3/t10-,11-,12-,13-/m1/s1. The fraction of sp³-hybridized carbons (Fsp3) is 0.571. The Bertz CT molecular complexity index is 459. The monoisotopic (exact) mass is 268 g/mol. The molecule has 2 saturated heterocycles. The Labute approximate surface area is 111 Å². The lowest BCUT2D eigenvalue weighted by molar-refractivity contribution is -0.219. The molecule has 104 valence electrons. The predicted octanol–water partition coefficient (Wildman–Crippen LogP) is 1.61. The zero-order valence-electron chi connectivity index (χ0n) is 10.9. The first kappa shape index (κ1) is 13.0. The minimum atomic E-state index is -0.975. The van der Waals surface area contributed by atoms with E-state index in [1.54, 1.807) is 12.1 Å². The van der Waals surface area contributed by atoms with E-state index < -0.39 is 18.2 Å². The van der Waals surface area contributed by atoms with Crippen LogP contribution in [0.5, 0.6) is 0 Å². The van der Waals surface area contributed by atoms with E-state index in [1.165, 1.54) is 12.1 Å². The summed E-state index contributed by atoms with van der Waals surface area (Å²) in [7, 11) is 0. The average molecular weight is 268 g/mol. The van der Waals surface area contributed by atoms with Gasteiger partial charge in [-0.3, -0.25) is 0 Å². The second kappa shape index (κ2) is 4.52. The highest BCUT2D eigenvalue weighted by Crippen LogP contribution is 2.38. The lowest BCUT2D eigenvalue weighted by Gasteiger charge is -2.22. The fourth-order valence-corrected chi connectivity index (χ4v) is 2.68. The molecule has 0 spiro atoms. The van der Waals surface area contributed by atoms with E-state index in [1.807, 2.05) is 13.8 Å². The second-order valence-electron chi connectivity index (χ2n) is 5.46.